The third kappa shape index (κ3) is 9.37. The van der Waals surface area contributed by atoms with Crippen LogP contribution in [0.15, 0.2) is 0 Å². The Hall–Kier alpha value is -0.670. The first-order valence-corrected chi connectivity index (χ1v) is 6.34. The van der Waals surface area contributed by atoms with Crippen molar-refractivity contribution in [3.63, 3.8) is 0 Å². The van der Waals surface area contributed by atoms with Gasteiger partial charge in [-0.3, -0.25) is 0 Å². The summed E-state index contributed by atoms with van der Waals surface area (Å²) in [5, 5.41) is 9.36. The number of alkyl halides is 9. The van der Waals surface area contributed by atoms with Gasteiger partial charge in [-0.2, -0.15) is 39.5 Å². The minimum atomic E-state index is -5.17. The molecule has 0 heterocycles. The van der Waals surface area contributed by atoms with E-state index in [1.165, 1.54) is 0 Å². The lowest BCUT2D eigenvalue weighted by Crippen LogP contribution is -2.36. The Bertz CT molecular complexity index is 334. The predicted octanol–water partition coefficient (Wildman–Crippen LogP) is 5.24. The number of hydrogen-bond acceptors (Lipinski definition) is 1. The lowest BCUT2D eigenvalue weighted by molar-refractivity contribution is -0.223. The summed E-state index contributed by atoms with van der Waals surface area (Å²) in [7, 11) is 0. The standard InChI is InChI=1S/C12H17F9O/c1-9(2,22)6-8(12(19,20)21)5-7(11(16,17)18)3-4-10(13,14)15/h7-8,22H,3-6H2,1-2H3. The topological polar surface area (TPSA) is 20.2 Å². The quantitative estimate of drug-likeness (QED) is 0.651. The van der Waals surface area contributed by atoms with E-state index >= 15 is 0 Å². The second-order valence-electron chi connectivity index (χ2n) is 5.88. The molecular weight excluding hydrogens is 331 g/mol. The Morgan fingerprint density at radius 2 is 1.18 bits per heavy atom. The summed E-state index contributed by atoms with van der Waals surface area (Å²) < 4.78 is 112. The van der Waals surface area contributed by atoms with E-state index < -0.39 is 61.6 Å². The summed E-state index contributed by atoms with van der Waals surface area (Å²) in [6, 6.07) is 0. The molecule has 0 fully saturated rings. The lowest BCUT2D eigenvalue weighted by Gasteiger charge is -2.31. The highest BCUT2D eigenvalue weighted by Gasteiger charge is 2.49. The second-order valence-corrected chi connectivity index (χ2v) is 5.88. The molecule has 134 valence electrons. The second kappa shape index (κ2) is 6.84. The van der Waals surface area contributed by atoms with E-state index in [-0.39, 0.29) is 0 Å². The zero-order valence-electron chi connectivity index (χ0n) is 11.8. The van der Waals surface area contributed by atoms with Gasteiger partial charge >= 0.3 is 18.5 Å². The van der Waals surface area contributed by atoms with Crippen molar-refractivity contribution in [1.29, 1.82) is 0 Å². The van der Waals surface area contributed by atoms with Crippen molar-refractivity contribution in [2.45, 2.75) is 63.7 Å². The van der Waals surface area contributed by atoms with Gasteiger partial charge < -0.3 is 5.11 Å². The molecule has 0 aliphatic carbocycles. The molecular formula is C12H17F9O. The zero-order chi connectivity index (χ0) is 18.0. The van der Waals surface area contributed by atoms with Crippen LogP contribution in [0.3, 0.4) is 0 Å². The molecule has 0 aromatic rings. The summed E-state index contributed by atoms with van der Waals surface area (Å²) in [6.45, 7) is 1.98. The molecule has 0 amide bonds. The number of hydrogen-bond donors (Lipinski definition) is 1. The van der Waals surface area contributed by atoms with Crippen molar-refractivity contribution >= 4 is 0 Å². The maximum absolute atomic E-state index is 12.8. The minimum Gasteiger partial charge on any atom is -0.390 e. The Morgan fingerprint density at radius 1 is 0.773 bits per heavy atom. The fourth-order valence-corrected chi connectivity index (χ4v) is 2.03. The summed E-state index contributed by atoms with van der Waals surface area (Å²) in [5.41, 5.74) is -1.89. The number of aliphatic hydroxyl groups is 1. The van der Waals surface area contributed by atoms with E-state index in [0.29, 0.717) is 0 Å². The zero-order valence-corrected chi connectivity index (χ0v) is 11.8. The summed E-state index contributed by atoms with van der Waals surface area (Å²) in [6.07, 6.45) is -20.9. The van der Waals surface area contributed by atoms with Crippen LogP contribution in [0.25, 0.3) is 0 Å². The van der Waals surface area contributed by atoms with Crippen LogP contribution in [0.5, 0.6) is 0 Å². The molecule has 0 bridgehead atoms. The largest absolute Gasteiger partial charge is 0.391 e. The summed E-state index contributed by atoms with van der Waals surface area (Å²) in [5.74, 6) is -5.27. The number of rotatable bonds is 6. The third-order valence-corrected chi connectivity index (χ3v) is 3.02. The van der Waals surface area contributed by atoms with Crippen molar-refractivity contribution in [1.82, 2.24) is 0 Å². The molecule has 0 saturated carbocycles. The van der Waals surface area contributed by atoms with Crippen LogP contribution in [-0.4, -0.2) is 29.2 Å². The highest BCUT2D eigenvalue weighted by atomic mass is 19.4. The van der Waals surface area contributed by atoms with E-state index in [2.05, 4.69) is 0 Å². The molecule has 0 rings (SSSR count). The van der Waals surface area contributed by atoms with E-state index in [1.807, 2.05) is 0 Å². The van der Waals surface area contributed by atoms with E-state index in [0.717, 1.165) is 13.8 Å². The minimum absolute atomic E-state index is 0.990. The molecule has 22 heavy (non-hydrogen) atoms. The molecule has 0 saturated heterocycles. The summed E-state index contributed by atoms with van der Waals surface area (Å²) >= 11 is 0. The fraction of sp³-hybridized carbons (Fsp3) is 1.00. The van der Waals surface area contributed by atoms with Gasteiger partial charge in [0.1, 0.15) is 0 Å². The molecule has 1 N–H and O–H groups in total. The molecule has 2 unspecified atom stereocenters. The van der Waals surface area contributed by atoms with Crippen molar-refractivity contribution in [3.8, 4) is 0 Å². The average molecular weight is 348 g/mol. The van der Waals surface area contributed by atoms with Crippen LogP contribution < -0.4 is 0 Å². The first kappa shape index (κ1) is 21.3. The van der Waals surface area contributed by atoms with E-state index in [9.17, 15) is 44.6 Å². The van der Waals surface area contributed by atoms with Crippen LogP contribution in [-0.2, 0) is 0 Å². The van der Waals surface area contributed by atoms with Crippen LogP contribution >= 0.6 is 0 Å². The van der Waals surface area contributed by atoms with E-state index in [4.69, 9.17) is 0 Å². The van der Waals surface area contributed by atoms with Crippen LogP contribution in [0.2, 0.25) is 0 Å². The van der Waals surface area contributed by atoms with Gasteiger partial charge in [-0.25, -0.2) is 0 Å². The highest BCUT2D eigenvalue weighted by Crippen LogP contribution is 2.43. The molecule has 0 spiro atoms. The van der Waals surface area contributed by atoms with Crippen molar-refractivity contribution < 1.29 is 44.6 Å². The molecule has 2 atom stereocenters. The maximum atomic E-state index is 12.8. The third-order valence-electron chi connectivity index (χ3n) is 3.02. The first-order valence-electron chi connectivity index (χ1n) is 6.34. The summed E-state index contributed by atoms with van der Waals surface area (Å²) in [4.78, 5) is 0. The molecule has 0 aromatic carbocycles. The van der Waals surface area contributed by atoms with Crippen molar-refractivity contribution in [3.05, 3.63) is 0 Å². The molecule has 0 aromatic heterocycles. The van der Waals surface area contributed by atoms with Gasteiger partial charge in [-0.05, 0) is 33.1 Å². The van der Waals surface area contributed by atoms with Crippen LogP contribution in [0.1, 0.15) is 39.5 Å². The Morgan fingerprint density at radius 3 is 1.45 bits per heavy atom. The molecule has 0 aliphatic heterocycles. The van der Waals surface area contributed by atoms with Crippen molar-refractivity contribution in [2.75, 3.05) is 0 Å². The normalized spacial score (nSPS) is 17.5. The molecule has 0 aliphatic rings. The predicted molar refractivity (Wildman–Crippen MR) is 59.9 cm³/mol. The van der Waals surface area contributed by atoms with Crippen LogP contribution in [0.4, 0.5) is 39.5 Å². The van der Waals surface area contributed by atoms with Crippen molar-refractivity contribution in [2.24, 2.45) is 11.8 Å². The average Bonchev–Trinajstić information content (AvgIpc) is 2.15. The first-order chi connectivity index (χ1) is 9.42. The monoisotopic (exact) mass is 348 g/mol. The van der Waals surface area contributed by atoms with Gasteiger partial charge in [0.2, 0.25) is 0 Å². The van der Waals surface area contributed by atoms with E-state index in [1.54, 1.807) is 0 Å². The Kier molecular flexibility index (Phi) is 6.63. The van der Waals surface area contributed by atoms with Gasteiger partial charge in [0.05, 0.1) is 17.4 Å². The molecule has 1 nitrogen and oxygen atoms in total. The Balaban J connectivity index is 5.13. The highest BCUT2D eigenvalue weighted by molar-refractivity contribution is 4.82. The fourth-order valence-electron chi connectivity index (χ4n) is 2.03. The SMILES string of the molecule is CC(C)(O)CC(CC(CCC(F)(F)F)C(F)(F)F)C(F)(F)F. The van der Waals surface area contributed by atoms with Gasteiger partial charge in [0, 0.05) is 6.42 Å². The maximum Gasteiger partial charge on any atom is 0.391 e. The molecule has 0 radical (unpaired) electrons. The van der Waals surface area contributed by atoms with Gasteiger partial charge in [-0.15, -0.1) is 0 Å². The van der Waals surface area contributed by atoms with Crippen LogP contribution in [0, 0.1) is 11.8 Å². The smallest absolute Gasteiger partial charge is 0.390 e. The van der Waals surface area contributed by atoms with Gasteiger partial charge in [-0.1, -0.05) is 0 Å². The molecule has 10 heteroatoms. The lowest BCUT2D eigenvalue weighted by atomic mass is 9.83. The number of halogens is 9. The van der Waals surface area contributed by atoms with Gasteiger partial charge in [0.25, 0.3) is 0 Å². The van der Waals surface area contributed by atoms with Gasteiger partial charge in [0.15, 0.2) is 0 Å². The Labute approximate surface area is 121 Å².